The average molecular weight is 346 g/mol. The normalized spacial score (nSPS) is 10.3. The van der Waals surface area contributed by atoms with E-state index in [1.165, 1.54) is 19.2 Å². The number of hydrogen-bond acceptors (Lipinski definition) is 4. The molecule has 7 heteroatoms. The Morgan fingerprint density at radius 3 is 2.43 bits per heavy atom. The number of carbonyl (C=O) groups is 1. The predicted octanol–water partition coefficient (Wildman–Crippen LogP) is 4.76. The number of ether oxygens (including phenoxy) is 1. The molecule has 21 heavy (non-hydrogen) atoms. The van der Waals surface area contributed by atoms with E-state index in [-0.39, 0.29) is 10.6 Å². The third-order valence-electron chi connectivity index (χ3n) is 2.73. The Morgan fingerprint density at radius 2 is 1.86 bits per heavy atom. The number of anilines is 3. The summed E-state index contributed by atoms with van der Waals surface area (Å²) in [7, 11) is 1.28. The van der Waals surface area contributed by atoms with Gasteiger partial charge >= 0.3 is 5.97 Å². The first-order valence-corrected chi connectivity index (χ1v) is 6.95. The van der Waals surface area contributed by atoms with Crippen LogP contribution in [0.25, 0.3) is 0 Å². The van der Waals surface area contributed by atoms with Crippen LogP contribution in [0.1, 0.15) is 10.4 Å². The monoisotopic (exact) mass is 344 g/mol. The Kier molecular flexibility index (Phi) is 4.83. The molecule has 3 N–H and O–H groups in total. The number of esters is 1. The van der Waals surface area contributed by atoms with Crippen molar-refractivity contribution in [2.45, 2.75) is 0 Å². The molecule has 2 rings (SSSR count). The van der Waals surface area contributed by atoms with Gasteiger partial charge in [0.05, 0.1) is 39.8 Å². The van der Waals surface area contributed by atoms with Crippen molar-refractivity contribution in [3.8, 4) is 0 Å². The topological polar surface area (TPSA) is 64.3 Å². The highest BCUT2D eigenvalue weighted by molar-refractivity contribution is 6.37. The van der Waals surface area contributed by atoms with Gasteiger partial charge in [-0.05, 0) is 30.3 Å². The van der Waals surface area contributed by atoms with E-state index >= 15 is 0 Å². The summed E-state index contributed by atoms with van der Waals surface area (Å²) in [5, 5.41) is 4.24. The number of rotatable bonds is 3. The summed E-state index contributed by atoms with van der Waals surface area (Å²) >= 11 is 18.1. The van der Waals surface area contributed by atoms with Gasteiger partial charge in [-0.25, -0.2) is 4.79 Å². The highest BCUT2D eigenvalue weighted by atomic mass is 35.5. The molecule has 0 unspecified atom stereocenters. The highest BCUT2D eigenvalue weighted by Crippen LogP contribution is 2.35. The predicted molar refractivity (Wildman–Crippen MR) is 86.9 cm³/mol. The number of carbonyl (C=O) groups excluding carboxylic acids is 1. The fourth-order valence-corrected chi connectivity index (χ4v) is 2.45. The van der Waals surface area contributed by atoms with Crippen molar-refractivity contribution >= 4 is 57.8 Å². The lowest BCUT2D eigenvalue weighted by molar-refractivity contribution is 0.0601. The van der Waals surface area contributed by atoms with E-state index in [2.05, 4.69) is 10.1 Å². The van der Waals surface area contributed by atoms with Crippen molar-refractivity contribution in [2.24, 2.45) is 0 Å². The SMILES string of the molecule is COC(=O)c1cc(N)c(Nc2ccc(Cl)cc2Cl)c(Cl)c1. The zero-order chi connectivity index (χ0) is 15.6. The first-order valence-electron chi connectivity index (χ1n) is 5.81. The summed E-state index contributed by atoms with van der Waals surface area (Å²) in [5.74, 6) is -0.514. The van der Waals surface area contributed by atoms with Gasteiger partial charge in [-0.2, -0.15) is 0 Å². The second kappa shape index (κ2) is 6.43. The van der Waals surface area contributed by atoms with E-state index in [4.69, 9.17) is 40.5 Å². The van der Waals surface area contributed by atoms with Crippen LogP contribution in [0.2, 0.25) is 15.1 Å². The summed E-state index contributed by atoms with van der Waals surface area (Å²) in [6, 6.07) is 7.93. The smallest absolute Gasteiger partial charge is 0.337 e. The Balaban J connectivity index is 2.38. The Hall–Kier alpha value is -1.62. The molecule has 0 aliphatic carbocycles. The van der Waals surface area contributed by atoms with Gasteiger partial charge in [-0.3, -0.25) is 0 Å². The van der Waals surface area contributed by atoms with Crippen LogP contribution in [0.5, 0.6) is 0 Å². The molecule has 0 aliphatic rings. The van der Waals surface area contributed by atoms with Crippen LogP contribution in [0.4, 0.5) is 17.1 Å². The second-order valence-corrected chi connectivity index (χ2v) is 5.41. The Morgan fingerprint density at radius 1 is 1.14 bits per heavy atom. The molecule has 0 aliphatic heterocycles. The van der Waals surface area contributed by atoms with Crippen molar-refractivity contribution in [3.63, 3.8) is 0 Å². The first-order chi connectivity index (χ1) is 9.92. The lowest BCUT2D eigenvalue weighted by Crippen LogP contribution is -2.05. The summed E-state index contributed by atoms with van der Waals surface area (Å²) in [4.78, 5) is 11.5. The van der Waals surface area contributed by atoms with Crippen molar-refractivity contribution in [1.82, 2.24) is 0 Å². The third kappa shape index (κ3) is 3.53. The lowest BCUT2D eigenvalue weighted by Gasteiger charge is -2.14. The average Bonchev–Trinajstić information content (AvgIpc) is 2.43. The van der Waals surface area contributed by atoms with Gasteiger partial charge in [0.15, 0.2) is 0 Å². The number of methoxy groups -OCH3 is 1. The fraction of sp³-hybridized carbons (Fsp3) is 0.0714. The maximum absolute atomic E-state index is 11.5. The molecule has 2 aromatic rings. The standard InChI is InChI=1S/C14H11Cl3N2O2/c1-21-14(20)7-4-10(17)13(11(18)5-7)19-12-3-2-8(15)6-9(12)16/h2-6,19H,18H2,1H3. The van der Waals surface area contributed by atoms with E-state index in [1.54, 1.807) is 18.2 Å². The minimum absolute atomic E-state index is 0.271. The van der Waals surface area contributed by atoms with Gasteiger partial charge in [-0.1, -0.05) is 34.8 Å². The quantitative estimate of drug-likeness (QED) is 0.622. The minimum atomic E-state index is -0.514. The number of halogens is 3. The van der Waals surface area contributed by atoms with Gasteiger partial charge < -0.3 is 15.8 Å². The molecular weight excluding hydrogens is 335 g/mol. The summed E-state index contributed by atoms with van der Waals surface area (Å²) in [6.07, 6.45) is 0. The fourth-order valence-electron chi connectivity index (χ4n) is 1.72. The van der Waals surface area contributed by atoms with Gasteiger partial charge in [-0.15, -0.1) is 0 Å². The maximum Gasteiger partial charge on any atom is 0.337 e. The molecule has 0 aromatic heterocycles. The summed E-state index contributed by atoms with van der Waals surface area (Å²) < 4.78 is 4.63. The summed E-state index contributed by atoms with van der Waals surface area (Å²) in [6.45, 7) is 0. The van der Waals surface area contributed by atoms with E-state index in [0.717, 1.165) is 0 Å². The van der Waals surface area contributed by atoms with Crippen LogP contribution in [0.3, 0.4) is 0 Å². The number of hydrogen-bond donors (Lipinski definition) is 2. The minimum Gasteiger partial charge on any atom is -0.465 e. The van der Waals surface area contributed by atoms with Crippen LogP contribution < -0.4 is 11.1 Å². The molecule has 110 valence electrons. The maximum atomic E-state index is 11.5. The number of nitrogens with two attached hydrogens (primary N) is 1. The van der Waals surface area contributed by atoms with E-state index < -0.39 is 5.97 Å². The van der Waals surface area contributed by atoms with E-state index in [1.807, 2.05) is 0 Å². The van der Waals surface area contributed by atoms with E-state index in [0.29, 0.717) is 27.1 Å². The van der Waals surface area contributed by atoms with E-state index in [9.17, 15) is 4.79 Å². The van der Waals surface area contributed by atoms with Gasteiger partial charge in [0.2, 0.25) is 0 Å². The van der Waals surface area contributed by atoms with Gasteiger partial charge in [0.1, 0.15) is 0 Å². The van der Waals surface area contributed by atoms with Crippen molar-refractivity contribution in [3.05, 3.63) is 51.0 Å². The molecule has 0 spiro atoms. The van der Waals surface area contributed by atoms with Crippen LogP contribution in [-0.2, 0) is 4.74 Å². The molecular formula is C14H11Cl3N2O2. The molecule has 0 atom stereocenters. The molecule has 0 heterocycles. The number of nitrogen functional groups attached to an aromatic ring is 1. The van der Waals surface area contributed by atoms with Crippen molar-refractivity contribution in [1.29, 1.82) is 0 Å². The van der Waals surface area contributed by atoms with Gasteiger partial charge in [0.25, 0.3) is 0 Å². The zero-order valence-electron chi connectivity index (χ0n) is 10.9. The molecule has 0 fully saturated rings. The van der Waals surface area contributed by atoms with Crippen LogP contribution in [0.15, 0.2) is 30.3 Å². The first kappa shape index (κ1) is 15.8. The third-order valence-corrected chi connectivity index (χ3v) is 3.58. The Labute approximate surface area is 136 Å². The lowest BCUT2D eigenvalue weighted by atomic mass is 10.1. The van der Waals surface area contributed by atoms with Crippen LogP contribution >= 0.6 is 34.8 Å². The van der Waals surface area contributed by atoms with Crippen molar-refractivity contribution in [2.75, 3.05) is 18.2 Å². The second-order valence-electron chi connectivity index (χ2n) is 4.16. The molecule has 0 amide bonds. The number of benzene rings is 2. The Bertz CT molecular complexity index is 682. The number of nitrogens with one attached hydrogen (secondary N) is 1. The molecule has 4 nitrogen and oxygen atoms in total. The molecule has 0 saturated carbocycles. The highest BCUT2D eigenvalue weighted by Gasteiger charge is 2.14. The zero-order valence-corrected chi connectivity index (χ0v) is 13.2. The van der Waals surface area contributed by atoms with Crippen molar-refractivity contribution < 1.29 is 9.53 Å². The molecule has 0 bridgehead atoms. The summed E-state index contributed by atoms with van der Waals surface area (Å²) in [5.41, 5.74) is 7.54. The largest absolute Gasteiger partial charge is 0.465 e. The molecule has 2 aromatic carbocycles. The molecule has 0 radical (unpaired) electrons. The van der Waals surface area contributed by atoms with Crippen LogP contribution in [-0.4, -0.2) is 13.1 Å². The van der Waals surface area contributed by atoms with Crippen LogP contribution in [0, 0.1) is 0 Å². The van der Waals surface area contributed by atoms with Gasteiger partial charge in [0, 0.05) is 5.02 Å². The molecule has 0 saturated heterocycles.